The van der Waals surface area contributed by atoms with Gasteiger partial charge in [0.2, 0.25) is 11.7 Å². The van der Waals surface area contributed by atoms with Gasteiger partial charge in [-0.3, -0.25) is 0 Å². The standard InChI is InChI=1S/C26H30N6O3/c1-15(2)28-26(33)30-19-8-6-18(7-9-19)25-24(27)21-11-10-20(34-14-23-29-16(3)35-31-23)12-22(21)32(25)13-17-4-5-17/h6-12,15,17H,4-5,13-14,27H2,1-3H3,(H2,28,30,33). The molecule has 2 heterocycles. The first-order valence-electron chi connectivity index (χ1n) is 11.9. The summed E-state index contributed by atoms with van der Waals surface area (Å²) < 4.78 is 13.3. The van der Waals surface area contributed by atoms with Crippen molar-refractivity contribution in [1.29, 1.82) is 0 Å². The second-order valence-corrected chi connectivity index (χ2v) is 9.34. The molecule has 0 radical (unpaired) electrons. The first-order chi connectivity index (χ1) is 16.9. The number of nitrogens with zero attached hydrogens (tertiary/aromatic N) is 3. The van der Waals surface area contributed by atoms with Crippen molar-refractivity contribution in [3.8, 4) is 17.0 Å². The van der Waals surface area contributed by atoms with E-state index in [1.807, 2.05) is 56.3 Å². The number of fused-ring (bicyclic) bond motifs is 1. The van der Waals surface area contributed by atoms with Crippen LogP contribution in [0.25, 0.3) is 22.2 Å². The summed E-state index contributed by atoms with van der Waals surface area (Å²) in [7, 11) is 0. The molecule has 0 bridgehead atoms. The number of ether oxygens (including phenoxy) is 1. The van der Waals surface area contributed by atoms with E-state index < -0.39 is 0 Å². The van der Waals surface area contributed by atoms with E-state index in [0.29, 0.717) is 17.6 Å². The number of amides is 2. The summed E-state index contributed by atoms with van der Waals surface area (Å²) in [5.74, 6) is 2.39. The van der Waals surface area contributed by atoms with Crippen molar-refractivity contribution in [2.75, 3.05) is 11.1 Å². The number of carbonyl (C=O) groups is 1. The lowest BCUT2D eigenvalue weighted by Crippen LogP contribution is -2.34. The second kappa shape index (κ2) is 9.32. The molecular formula is C26H30N6O3. The van der Waals surface area contributed by atoms with E-state index in [1.54, 1.807) is 6.92 Å². The van der Waals surface area contributed by atoms with Gasteiger partial charge >= 0.3 is 6.03 Å². The van der Waals surface area contributed by atoms with Crippen LogP contribution in [-0.2, 0) is 13.2 Å². The van der Waals surface area contributed by atoms with Crippen LogP contribution >= 0.6 is 0 Å². The predicted molar refractivity (Wildman–Crippen MR) is 135 cm³/mol. The number of nitrogens with two attached hydrogens (primary N) is 1. The number of urea groups is 1. The van der Waals surface area contributed by atoms with Crippen LogP contribution in [-0.4, -0.2) is 26.8 Å². The third-order valence-electron chi connectivity index (χ3n) is 5.99. The Morgan fingerprint density at radius 2 is 2.00 bits per heavy atom. The minimum atomic E-state index is -0.223. The Balaban J connectivity index is 1.45. The fraction of sp³-hybridized carbons (Fsp3) is 0.346. The van der Waals surface area contributed by atoms with Crippen molar-refractivity contribution >= 4 is 28.3 Å². The molecule has 182 valence electrons. The minimum Gasteiger partial charge on any atom is -0.485 e. The van der Waals surface area contributed by atoms with Crippen molar-refractivity contribution < 1.29 is 14.1 Å². The van der Waals surface area contributed by atoms with Crippen LogP contribution < -0.4 is 21.1 Å². The summed E-state index contributed by atoms with van der Waals surface area (Å²) in [6, 6.07) is 13.6. The molecule has 2 aromatic heterocycles. The van der Waals surface area contributed by atoms with Gasteiger partial charge in [-0.1, -0.05) is 17.3 Å². The number of hydrogen-bond acceptors (Lipinski definition) is 6. The Morgan fingerprint density at radius 3 is 2.66 bits per heavy atom. The lowest BCUT2D eigenvalue weighted by atomic mass is 10.1. The van der Waals surface area contributed by atoms with Gasteiger partial charge in [0, 0.05) is 42.2 Å². The maximum atomic E-state index is 12.0. The molecule has 4 N–H and O–H groups in total. The summed E-state index contributed by atoms with van der Waals surface area (Å²) >= 11 is 0. The molecule has 1 fully saturated rings. The highest BCUT2D eigenvalue weighted by atomic mass is 16.5. The molecule has 4 aromatic rings. The fourth-order valence-corrected chi connectivity index (χ4v) is 4.19. The van der Waals surface area contributed by atoms with Crippen LogP contribution in [0.2, 0.25) is 0 Å². The van der Waals surface area contributed by atoms with Gasteiger partial charge in [-0.05, 0) is 56.9 Å². The van der Waals surface area contributed by atoms with Gasteiger partial charge in [-0.15, -0.1) is 0 Å². The largest absolute Gasteiger partial charge is 0.485 e. The molecule has 2 amide bonds. The number of carbonyl (C=O) groups excluding carboxylic acids is 1. The Kier molecular flexibility index (Phi) is 6.07. The first-order valence-corrected chi connectivity index (χ1v) is 11.9. The van der Waals surface area contributed by atoms with E-state index in [4.69, 9.17) is 15.0 Å². The average molecular weight is 475 g/mol. The van der Waals surface area contributed by atoms with Gasteiger partial charge in [0.05, 0.1) is 16.9 Å². The zero-order valence-electron chi connectivity index (χ0n) is 20.2. The predicted octanol–water partition coefficient (Wildman–Crippen LogP) is 5.10. The number of benzene rings is 2. The first kappa shape index (κ1) is 22.8. The number of nitrogen functional groups attached to an aromatic ring is 1. The Morgan fingerprint density at radius 1 is 1.23 bits per heavy atom. The highest BCUT2D eigenvalue weighted by molar-refractivity contribution is 6.01. The lowest BCUT2D eigenvalue weighted by molar-refractivity contribution is 0.250. The van der Waals surface area contributed by atoms with Crippen LogP contribution in [0.1, 0.15) is 38.4 Å². The van der Waals surface area contributed by atoms with Crippen molar-refractivity contribution in [2.45, 2.75) is 52.8 Å². The van der Waals surface area contributed by atoms with Crippen molar-refractivity contribution in [2.24, 2.45) is 5.92 Å². The third-order valence-corrected chi connectivity index (χ3v) is 5.99. The van der Waals surface area contributed by atoms with E-state index in [9.17, 15) is 4.79 Å². The molecule has 0 atom stereocenters. The fourth-order valence-electron chi connectivity index (χ4n) is 4.19. The topological polar surface area (TPSA) is 120 Å². The molecule has 1 saturated carbocycles. The normalized spacial score (nSPS) is 13.4. The van der Waals surface area contributed by atoms with Crippen LogP contribution in [0.3, 0.4) is 0 Å². The zero-order chi connectivity index (χ0) is 24.5. The summed E-state index contributed by atoms with van der Waals surface area (Å²) in [5.41, 5.74) is 11.2. The summed E-state index contributed by atoms with van der Waals surface area (Å²) in [5, 5.41) is 10.6. The molecule has 0 saturated heterocycles. The van der Waals surface area contributed by atoms with Crippen LogP contribution in [0.15, 0.2) is 47.0 Å². The molecule has 0 aliphatic heterocycles. The van der Waals surface area contributed by atoms with Gasteiger partial charge in [0.15, 0.2) is 6.61 Å². The van der Waals surface area contributed by atoms with Gasteiger partial charge < -0.3 is 30.2 Å². The van der Waals surface area contributed by atoms with E-state index in [-0.39, 0.29) is 18.7 Å². The lowest BCUT2D eigenvalue weighted by Gasteiger charge is -2.13. The molecule has 35 heavy (non-hydrogen) atoms. The average Bonchev–Trinajstić information content (AvgIpc) is 3.48. The number of aromatic nitrogens is 3. The van der Waals surface area contributed by atoms with Gasteiger partial charge in [0.25, 0.3) is 0 Å². The minimum absolute atomic E-state index is 0.0670. The van der Waals surface area contributed by atoms with Gasteiger partial charge in [0.1, 0.15) is 5.75 Å². The SMILES string of the molecule is Cc1nc(COc2ccc3c(N)c(-c4ccc(NC(=O)NC(C)C)cc4)n(CC4CC4)c3c2)no1. The highest BCUT2D eigenvalue weighted by Crippen LogP contribution is 2.41. The quantitative estimate of drug-likeness (QED) is 0.327. The molecule has 1 aliphatic carbocycles. The van der Waals surface area contributed by atoms with E-state index >= 15 is 0 Å². The summed E-state index contributed by atoms with van der Waals surface area (Å²) in [6.07, 6.45) is 2.44. The third kappa shape index (κ3) is 5.08. The molecule has 1 aliphatic rings. The molecule has 9 heteroatoms. The number of aryl methyl sites for hydroxylation is 1. The van der Waals surface area contributed by atoms with E-state index in [0.717, 1.165) is 45.8 Å². The van der Waals surface area contributed by atoms with Crippen LogP contribution in [0.4, 0.5) is 16.2 Å². The molecule has 0 spiro atoms. The molecule has 5 rings (SSSR count). The van der Waals surface area contributed by atoms with Crippen molar-refractivity contribution in [1.82, 2.24) is 20.0 Å². The zero-order valence-corrected chi connectivity index (χ0v) is 20.2. The molecule has 0 unspecified atom stereocenters. The van der Waals surface area contributed by atoms with Crippen LogP contribution in [0.5, 0.6) is 5.75 Å². The summed E-state index contributed by atoms with van der Waals surface area (Å²) in [4.78, 5) is 16.2. The Labute approximate surface area is 203 Å². The number of rotatable bonds is 8. The number of anilines is 2. The summed E-state index contributed by atoms with van der Waals surface area (Å²) in [6.45, 7) is 6.72. The van der Waals surface area contributed by atoms with Crippen molar-refractivity contribution in [3.05, 3.63) is 54.2 Å². The smallest absolute Gasteiger partial charge is 0.319 e. The van der Waals surface area contributed by atoms with E-state index in [1.165, 1.54) is 12.8 Å². The van der Waals surface area contributed by atoms with E-state index in [2.05, 4.69) is 25.3 Å². The molecule has 9 nitrogen and oxygen atoms in total. The van der Waals surface area contributed by atoms with Crippen LogP contribution in [0, 0.1) is 12.8 Å². The maximum Gasteiger partial charge on any atom is 0.319 e. The Bertz CT molecular complexity index is 1350. The highest BCUT2D eigenvalue weighted by Gasteiger charge is 2.26. The Hall–Kier alpha value is -4.01. The monoisotopic (exact) mass is 474 g/mol. The second-order valence-electron chi connectivity index (χ2n) is 9.34. The number of hydrogen-bond donors (Lipinski definition) is 3. The van der Waals surface area contributed by atoms with Gasteiger partial charge in [-0.2, -0.15) is 4.98 Å². The molecular weight excluding hydrogens is 444 g/mol. The molecule has 2 aromatic carbocycles. The van der Waals surface area contributed by atoms with Crippen molar-refractivity contribution in [3.63, 3.8) is 0 Å². The maximum absolute atomic E-state index is 12.0. The van der Waals surface area contributed by atoms with Gasteiger partial charge in [-0.25, -0.2) is 4.79 Å². The number of nitrogens with one attached hydrogen (secondary N) is 2.